The molecule has 0 radical (unpaired) electrons. The molecule has 0 aromatic heterocycles. The third-order valence-corrected chi connectivity index (χ3v) is 4.93. The van der Waals surface area contributed by atoms with Gasteiger partial charge in [-0.1, -0.05) is 39.5 Å². The van der Waals surface area contributed by atoms with Gasteiger partial charge in [-0.3, -0.25) is 0 Å². The first kappa shape index (κ1) is 11.5. The van der Waals surface area contributed by atoms with Crippen molar-refractivity contribution in [2.24, 2.45) is 17.3 Å². The topological polar surface area (TPSA) is 0 Å². The predicted octanol–water partition coefficient (Wildman–Crippen LogP) is 5.17. The first-order chi connectivity index (χ1) is 7.38. The van der Waals surface area contributed by atoms with Crippen LogP contribution in [-0.2, 0) is 0 Å². The minimum Gasteiger partial charge on any atom is -0.0683 e. The molecule has 0 heteroatoms. The SMILES string of the molecule is C1CCC2(C1)CCCC(C1CC1)C2.CC. The molecule has 1 unspecified atom stereocenters. The standard InChI is InChI=1S/C13H22.C2H6/c1-2-8-13(7-1)9-3-4-12(10-13)11-5-6-11;1-2/h11-12H,1-10H2;1-2H3. The summed E-state index contributed by atoms with van der Waals surface area (Å²) in [7, 11) is 0. The quantitative estimate of drug-likeness (QED) is 0.557. The zero-order chi connectivity index (χ0) is 10.7. The maximum atomic E-state index is 2.00. The lowest BCUT2D eigenvalue weighted by Crippen LogP contribution is -2.26. The largest absolute Gasteiger partial charge is 0.0683 e. The van der Waals surface area contributed by atoms with Gasteiger partial charge in [0.15, 0.2) is 0 Å². The van der Waals surface area contributed by atoms with Crippen molar-refractivity contribution in [3.63, 3.8) is 0 Å². The zero-order valence-corrected chi connectivity index (χ0v) is 10.7. The maximum absolute atomic E-state index is 2.00. The molecule has 3 fully saturated rings. The fourth-order valence-corrected chi connectivity index (χ4v) is 4.05. The summed E-state index contributed by atoms with van der Waals surface area (Å²) < 4.78 is 0. The Bertz CT molecular complexity index is 184. The summed E-state index contributed by atoms with van der Waals surface area (Å²) in [6.45, 7) is 4.00. The van der Waals surface area contributed by atoms with Gasteiger partial charge in [-0.15, -0.1) is 0 Å². The predicted molar refractivity (Wildman–Crippen MR) is 66.9 cm³/mol. The van der Waals surface area contributed by atoms with Gasteiger partial charge in [0.2, 0.25) is 0 Å². The molecule has 0 N–H and O–H groups in total. The molecule has 3 saturated carbocycles. The lowest BCUT2D eigenvalue weighted by atomic mass is 9.67. The van der Waals surface area contributed by atoms with Gasteiger partial charge in [-0.05, 0) is 55.8 Å². The third kappa shape index (κ3) is 2.57. The first-order valence-corrected chi connectivity index (χ1v) is 7.38. The van der Waals surface area contributed by atoms with E-state index in [9.17, 15) is 0 Å². The minimum atomic E-state index is 0.867. The van der Waals surface area contributed by atoms with Crippen LogP contribution in [0.5, 0.6) is 0 Å². The van der Waals surface area contributed by atoms with E-state index >= 15 is 0 Å². The van der Waals surface area contributed by atoms with E-state index in [4.69, 9.17) is 0 Å². The third-order valence-electron chi connectivity index (χ3n) is 4.93. The van der Waals surface area contributed by atoms with Gasteiger partial charge in [0.05, 0.1) is 0 Å². The Morgan fingerprint density at radius 2 is 1.33 bits per heavy atom. The van der Waals surface area contributed by atoms with E-state index in [1.807, 2.05) is 13.8 Å². The van der Waals surface area contributed by atoms with Crippen LogP contribution in [0.3, 0.4) is 0 Å². The zero-order valence-electron chi connectivity index (χ0n) is 10.7. The highest BCUT2D eigenvalue weighted by molar-refractivity contribution is 4.94. The van der Waals surface area contributed by atoms with Gasteiger partial charge in [0.1, 0.15) is 0 Å². The van der Waals surface area contributed by atoms with E-state index in [0.717, 1.165) is 11.3 Å². The molecule has 0 aliphatic heterocycles. The summed E-state index contributed by atoms with van der Waals surface area (Å²) >= 11 is 0. The van der Waals surface area contributed by atoms with Crippen molar-refractivity contribution in [3.8, 4) is 0 Å². The second-order valence-corrected chi connectivity index (χ2v) is 5.90. The molecule has 0 heterocycles. The molecule has 1 spiro atoms. The lowest BCUT2D eigenvalue weighted by Gasteiger charge is -2.38. The van der Waals surface area contributed by atoms with Crippen molar-refractivity contribution in [3.05, 3.63) is 0 Å². The Balaban J connectivity index is 0.000000404. The molecule has 3 rings (SSSR count). The highest BCUT2D eigenvalue weighted by Gasteiger charge is 2.42. The number of rotatable bonds is 1. The van der Waals surface area contributed by atoms with Crippen LogP contribution in [0.2, 0.25) is 0 Å². The van der Waals surface area contributed by atoms with Crippen molar-refractivity contribution in [1.82, 2.24) is 0 Å². The molecule has 0 saturated heterocycles. The van der Waals surface area contributed by atoms with Crippen molar-refractivity contribution in [2.45, 2.75) is 78.1 Å². The smallest absolute Gasteiger partial charge is 0.0295 e. The van der Waals surface area contributed by atoms with Gasteiger partial charge >= 0.3 is 0 Å². The molecule has 0 nitrogen and oxygen atoms in total. The first-order valence-electron chi connectivity index (χ1n) is 7.38. The second-order valence-electron chi connectivity index (χ2n) is 5.90. The molecule has 0 aromatic carbocycles. The van der Waals surface area contributed by atoms with E-state index in [-0.39, 0.29) is 0 Å². The van der Waals surface area contributed by atoms with Crippen molar-refractivity contribution >= 4 is 0 Å². The lowest BCUT2D eigenvalue weighted by molar-refractivity contribution is 0.132. The second kappa shape index (κ2) is 4.89. The van der Waals surface area contributed by atoms with Crippen LogP contribution in [0.1, 0.15) is 78.1 Å². The molecule has 0 aromatic rings. The van der Waals surface area contributed by atoms with E-state index in [1.165, 1.54) is 18.8 Å². The number of hydrogen-bond donors (Lipinski definition) is 0. The van der Waals surface area contributed by atoms with Gasteiger partial charge in [-0.2, -0.15) is 0 Å². The molecule has 0 bridgehead atoms. The van der Waals surface area contributed by atoms with E-state index in [0.29, 0.717) is 0 Å². The van der Waals surface area contributed by atoms with Crippen LogP contribution in [0.15, 0.2) is 0 Å². The maximum Gasteiger partial charge on any atom is -0.0295 e. The van der Waals surface area contributed by atoms with Crippen LogP contribution < -0.4 is 0 Å². The van der Waals surface area contributed by atoms with Crippen LogP contribution in [0, 0.1) is 17.3 Å². The summed E-state index contributed by atoms with van der Waals surface area (Å²) in [5.41, 5.74) is 0.867. The molecule has 1 atom stereocenters. The van der Waals surface area contributed by atoms with Crippen molar-refractivity contribution in [1.29, 1.82) is 0 Å². The highest BCUT2D eigenvalue weighted by Crippen LogP contribution is 2.55. The van der Waals surface area contributed by atoms with Crippen molar-refractivity contribution < 1.29 is 0 Å². The number of hydrogen-bond acceptors (Lipinski definition) is 0. The van der Waals surface area contributed by atoms with Gasteiger partial charge < -0.3 is 0 Å². The fraction of sp³-hybridized carbons (Fsp3) is 1.00. The van der Waals surface area contributed by atoms with Gasteiger partial charge in [0.25, 0.3) is 0 Å². The Kier molecular flexibility index (Phi) is 3.74. The Labute approximate surface area is 95.8 Å². The monoisotopic (exact) mass is 208 g/mol. The molecule has 15 heavy (non-hydrogen) atoms. The molecule has 0 amide bonds. The highest BCUT2D eigenvalue weighted by atomic mass is 14.5. The summed E-state index contributed by atoms with van der Waals surface area (Å²) in [5.74, 6) is 2.34. The molecule has 3 aliphatic carbocycles. The van der Waals surface area contributed by atoms with Crippen LogP contribution in [0.25, 0.3) is 0 Å². The molecule has 3 aliphatic rings. The molecular weight excluding hydrogens is 180 g/mol. The van der Waals surface area contributed by atoms with Crippen LogP contribution >= 0.6 is 0 Å². The normalized spacial score (nSPS) is 33.6. The van der Waals surface area contributed by atoms with E-state index in [2.05, 4.69) is 0 Å². The molecular formula is C15H28. The summed E-state index contributed by atoms with van der Waals surface area (Å²) in [6, 6.07) is 0. The average Bonchev–Trinajstić information content (AvgIpc) is 3.06. The fourth-order valence-electron chi connectivity index (χ4n) is 4.05. The van der Waals surface area contributed by atoms with Gasteiger partial charge in [0, 0.05) is 0 Å². The summed E-state index contributed by atoms with van der Waals surface area (Å²) in [4.78, 5) is 0. The average molecular weight is 208 g/mol. The van der Waals surface area contributed by atoms with Crippen LogP contribution in [0.4, 0.5) is 0 Å². The van der Waals surface area contributed by atoms with Crippen LogP contribution in [-0.4, -0.2) is 0 Å². The minimum absolute atomic E-state index is 0.867. The van der Waals surface area contributed by atoms with E-state index in [1.54, 1.807) is 51.4 Å². The Morgan fingerprint density at radius 3 is 1.93 bits per heavy atom. The van der Waals surface area contributed by atoms with E-state index < -0.39 is 0 Å². The Morgan fingerprint density at radius 1 is 0.733 bits per heavy atom. The van der Waals surface area contributed by atoms with Crippen molar-refractivity contribution in [2.75, 3.05) is 0 Å². The summed E-state index contributed by atoms with van der Waals surface area (Å²) in [6.07, 6.45) is 15.7. The molecule has 88 valence electrons. The summed E-state index contributed by atoms with van der Waals surface area (Å²) in [5, 5.41) is 0. The Hall–Kier alpha value is 0. The van der Waals surface area contributed by atoms with Gasteiger partial charge in [-0.25, -0.2) is 0 Å².